The fourth-order valence-corrected chi connectivity index (χ4v) is 3.44. The lowest BCUT2D eigenvalue weighted by Gasteiger charge is -2.26. The summed E-state index contributed by atoms with van der Waals surface area (Å²) in [6.07, 6.45) is 8.26. The van der Waals surface area contributed by atoms with Crippen molar-refractivity contribution in [1.82, 2.24) is 19.6 Å². The number of fused-ring (bicyclic) bond motifs is 1. The summed E-state index contributed by atoms with van der Waals surface area (Å²) in [7, 11) is 1.67. The number of ether oxygens (including phenoxy) is 1. The van der Waals surface area contributed by atoms with Crippen LogP contribution < -0.4 is 5.32 Å². The van der Waals surface area contributed by atoms with Gasteiger partial charge >= 0.3 is 0 Å². The molecule has 22 heavy (non-hydrogen) atoms. The van der Waals surface area contributed by atoms with E-state index in [0.29, 0.717) is 12.4 Å². The van der Waals surface area contributed by atoms with Crippen molar-refractivity contribution in [2.45, 2.75) is 45.6 Å². The van der Waals surface area contributed by atoms with Gasteiger partial charge in [-0.1, -0.05) is 26.2 Å². The molecule has 3 rings (SSSR count). The molecular weight excluding hydrogens is 278 g/mol. The van der Waals surface area contributed by atoms with Crippen LogP contribution in [-0.4, -0.2) is 33.2 Å². The highest BCUT2D eigenvalue weighted by Gasteiger charge is 2.18. The third-order valence-corrected chi connectivity index (χ3v) is 4.50. The number of aromatic nitrogens is 4. The molecule has 0 bridgehead atoms. The van der Waals surface area contributed by atoms with Gasteiger partial charge in [0.2, 0.25) is 0 Å². The Labute approximate surface area is 131 Å². The van der Waals surface area contributed by atoms with Crippen molar-refractivity contribution in [3.8, 4) is 0 Å². The van der Waals surface area contributed by atoms with Crippen LogP contribution in [-0.2, 0) is 11.3 Å². The van der Waals surface area contributed by atoms with Crippen LogP contribution in [0.25, 0.3) is 5.78 Å². The van der Waals surface area contributed by atoms with Crippen molar-refractivity contribution in [1.29, 1.82) is 0 Å². The van der Waals surface area contributed by atoms with Crippen LogP contribution in [0.5, 0.6) is 0 Å². The first kappa shape index (κ1) is 15.2. The topological polar surface area (TPSA) is 64.3 Å². The Balaban J connectivity index is 1.63. The Bertz CT molecular complexity index is 612. The summed E-state index contributed by atoms with van der Waals surface area (Å²) in [6, 6.07) is 1.99. The van der Waals surface area contributed by atoms with E-state index in [9.17, 15) is 0 Å². The minimum atomic E-state index is 0.484. The number of nitrogens with zero attached hydrogens (tertiary/aromatic N) is 4. The third-order valence-electron chi connectivity index (χ3n) is 4.50. The molecule has 2 heterocycles. The standard InChI is InChI=1S/C16H25N5O/c1-12-4-3-5-13(8-12)6-7-17-15-9-14(10-22-2)20-16-18-11-19-21(15)16/h9,11-13,17H,3-8,10H2,1-2H3. The molecule has 0 radical (unpaired) electrons. The molecule has 0 aromatic carbocycles. The molecule has 1 N–H and O–H groups in total. The Hall–Kier alpha value is -1.69. The minimum absolute atomic E-state index is 0.484. The highest BCUT2D eigenvalue weighted by molar-refractivity contribution is 5.44. The Morgan fingerprint density at radius 1 is 1.41 bits per heavy atom. The first-order valence-corrected chi connectivity index (χ1v) is 8.18. The maximum Gasteiger partial charge on any atom is 0.254 e. The normalized spacial score (nSPS) is 22.1. The summed E-state index contributed by atoms with van der Waals surface area (Å²) >= 11 is 0. The minimum Gasteiger partial charge on any atom is -0.378 e. The molecule has 2 aromatic heterocycles. The van der Waals surface area contributed by atoms with Crippen molar-refractivity contribution in [3.05, 3.63) is 18.1 Å². The summed E-state index contributed by atoms with van der Waals surface area (Å²) in [5.41, 5.74) is 0.872. The van der Waals surface area contributed by atoms with Crippen LogP contribution in [0.4, 0.5) is 5.82 Å². The van der Waals surface area contributed by atoms with Crippen molar-refractivity contribution in [2.75, 3.05) is 19.0 Å². The number of rotatable bonds is 6. The average molecular weight is 303 g/mol. The fourth-order valence-electron chi connectivity index (χ4n) is 3.44. The lowest BCUT2D eigenvalue weighted by Crippen LogP contribution is -2.17. The number of nitrogens with one attached hydrogen (secondary N) is 1. The van der Waals surface area contributed by atoms with Gasteiger partial charge in [0.25, 0.3) is 5.78 Å². The van der Waals surface area contributed by atoms with E-state index < -0.39 is 0 Å². The zero-order chi connectivity index (χ0) is 15.4. The predicted molar refractivity (Wildman–Crippen MR) is 85.7 cm³/mol. The molecule has 1 saturated carbocycles. The van der Waals surface area contributed by atoms with E-state index in [1.165, 1.54) is 38.4 Å². The maximum atomic E-state index is 5.17. The van der Waals surface area contributed by atoms with Gasteiger partial charge in [-0.2, -0.15) is 14.6 Å². The highest BCUT2D eigenvalue weighted by Crippen LogP contribution is 2.30. The summed E-state index contributed by atoms with van der Waals surface area (Å²) < 4.78 is 6.92. The van der Waals surface area contributed by atoms with Crippen LogP contribution in [0.3, 0.4) is 0 Å². The van der Waals surface area contributed by atoms with Crippen molar-refractivity contribution < 1.29 is 4.74 Å². The quantitative estimate of drug-likeness (QED) is 0.889. The van der Waals surface area contributed by atoms with Gasteiger partial charge in [0.05, 0.1) is 12.3 Å². The maximum absolute atomic E-state index is 5.17. The van der Waals surface area contributed by atoms with E-state index in [2.05, 4.69) is 27.3 Å². The van der Waals surface area contributed by atoms with E-state index >= 15 is 0 Å². The molecule has 2 atom stereocenters. The summed E-state index contributed by atoms with van der Waals surface area (Å²) in [6.45, 7) is 3.82. The number of hydrogen-bond donors (Lipinski definition) is 1. The Morgan fingerprint density at radius 3 is 3.14 bits per heavy atom. The molecule has 0 aliphatic heterocycles. The molecule has 6 heteroatoms. The molecule has 0 spiro atoms. The van der Waals surface area contributed by atoms with E-state index in [4.69, 9.17) is 4.74 Å². The first-order chi connectivity index (χ1) is 10.8. The van der Waals surface area contributed by atoms with E-state index in [1.807, 2.05) is 6.07 Å². The highest BCUT2D eigenvalue weighted by atomic mass is 16.5. The van der Waals surface area contributed by atoms with Gasteiger partial charge in [-0.15, -0.1) is 0 Å². The molecular formula is C16H25N5O. The zero-order valence-electron chi connectivity index (χ0n) is 13.5. The van der Waals surface area contributed by atoms with Crippen LogP contribution in [0.1, 0.15) is 44.7 Å². The van der Waals surface area contributed by atoms with Crippen molar-refractivity contribution in [3.63, 3.8) is 0 Å². The SMILES string of the molecule is COCc1cc(NCCC2CCCC(C)C2)n2ncnc2n1. The molecule has 1 aliphatic carbocycles. The lowest BCUT2D eigenvalue weighted by atomic mass is 9.81. The van der Waals surface area contributed by atoms with Crippen LogP contribution in [0, 0.1) is 11.8 Å². The zero-order valence-corrected chi connectivity index (χ0v) is 13.5. The molecule has 6 nitrogen and oxygen atoms in total. The fraction of sp³-hybridized carbons (Fsp3) is 0.688. The van der Waals surface area contributed by atoms with Crippen LogP contribution in [0.2, 0.25) is 0 Å². The molecule has 1 aliphatic rings. The molecule has 0 amide bonds. The third kappa shape index (κ3) is 3.55. The summed E-state index contributed by atoms with van der Waals surface area (Å²) in [5, 5.41) is 7.74. The van der Waals surface area contributed by atoms with Crippen molar-refractivity contribution >= 4 is 11.6 Å². The van der Waals surface area contributed by atoms with E-state index in [0.717, 1.165) is 29.9 Å². The molecule has 0 saturated heterocycles. The van der Waals surface area contributed by atoms with Crippen LogP contribution in [0.15, 0.2) is 12.4 Å². The number of methoxy groups -OCH3 is 1. The molecule has 1 fully saturated rings. The second-order valence-corrected chi connectivity index (χ2v) is 6.39. The van der Waals surface area contributed by atoms with Gasteiger partial charge in [-0.3, -0.25) is 0 Å². The summed E-state index contributed by atoms with van der Waals surface area (Å²) in [4.78, 5) is 8.59. The predicted octanol–water partition coefficient (Wildman–Crippen LogP) is 2.90. The van der Waals surface area contributed by atoms with Crippen LogP contribution >= 0.6 is 0 Å². The number of hydrogen-bond acceptors (Lipinski definition) is 5. The van der Waals surface area contributed by atoms with Gasteiger partial charge in [0.1, 0.15) is 12.1 Å². The average Bonchev–Trinajstić information content (AvgIpc) is 2.96. The monoisotopic (exact) mass is 303 g/mol. The van der Waals surface area contributed by atoms with Gasteiger partial charge in [-0.25, -0.2) is 4.98 Å². The smallest absolute Gasteiger partial charge is 0.254 e. The van der Waals surface area contributed by atoms with Gasteiger partial charge in [0.15, 0.2) is 0 Å². The number of anilines is 1. The molecule has 120 valence electrons. The van der Waals surface area contributed by atoms with Gasteiger partial charge in [-0.05, 0) is 24.7 Å². The Kier molecular flexibility index (Phi) is 4.87. The molecule has 2 unspecified atom stereocenters. The Morgan fingerprint density at radius 2 is 2.32 bits per heavy atom. The second-order valence-electron chi connectivity index (χ2n) is 6.39. The van der Waals surface area contributed by atoms with Crippen molar-refractivity contribution in [2.24, 2.45) is 11.8 Å². The van der Waals surface area contributed by atoms with Gasteiger partial charge < -0.3 is 10.1 Å². The summed E-state index contributed by atoms with van der Waals surface area (Å²) in [5.74, 6) is 3.29. The van der Waals surface area contributed by atoms with E-state index in [-0.39, 0.29) is 0 Å². The second kappa shape index (κ2) is 7.05. The van der Waals surface area contributed by atoms with E-state index in [1.54, 1.807) is 11.6 Å². The largest absolute Gasteiger partial charge is 0.378 e. The first-order valence-electron chi connectivity index (χ1n) is 8.18. The van der Waals surface area contributed by atoms with Gasteiger partial charge in [0, 0.05) is 19.7 Å². The molecule has 2 aromatic rings. The lowest BCUT2D eigenvalue weighted by molar-refractivity contribution is 0.181.